The standard InChI is InChI=1S/C41H55N5O4S/c1-27(2)51(28(3)4,29(5)6)46-21-18-35-38(32-22-31(23-42-24-32)30-14-16-33(17-15-30)45-20-11-13-37(45)47)36(25-43-39(35)46)49-34-12-10-19-44(26-34)40(48)50-41(7,8)9/h14-18,21-25,27-29,34H,10-13,19-20,26H2,1-9H3. The second-order valence-electron chi connectivity index (χ2n) is 15.7. The van der Waals surface area contributed by atoms with Gasteiger partial charge in [0.25, 0.3) is 0 Å². The molecule has 1 unspecified atom stereocenters. The Morgan fingerprint density at radius 3 is 2.20 bits per heavy atom. The van der Waals surface area contributed by atoms with Crippen LogP contribution in [-0.2, 0) is 9.53 Å². The van der Waals surface area contributed by atoms with Gasteiger partial charge in [0.2, 0.25) is 5.91 Å². The number of likely N-dealkylation sites (tertiary alicyclic amines) is 1. The number of fused-ring (bicyclic) bond motifs is 1. The highest BCUT2D eigenvalue weighted by Gasteiger charge is 2.38. The number of carbonyl (C=O) groups is 2. The number of carbonyl (C=O) groups excluding carboxylic acids is 2. The van der Waals surface area contributed by atoms with E-state index < -0.39 is 15.8 Å². The van der Waals surface area contributed by atoms with Crippen molar-refractivity contribution in [1.29, 1.82) is 0 Å². The van der Waals surface area contributed by atoms with Crippen LogP contribution < -0.4 is 9.64 Å². The largest absolute Gasteiger partial charge is 0.486 e. The van der Waals surface area contributed by atoms with Gasteiger partial charge in [0, 0.05) is 81.6 Å². The molecular weight excluding hydrogens is 659 g/mol. The van der Waals surface area contributed by atoms with Crippen molar-refractivity contribution in [2.45, 2.75) is 115 Å². The number of piperidine rings is 1. The molecule has 0 saturated carbocycles. The van der Waals surface area contributed by atoms with Crippen molar-refractivity contribution in [1.82, 2.24) is 18.8 Å². The van der Waals surface area contributed by atoms with Crippen LogP contribution in [0.1, 0.15) is 88.0 Å². The lowest BCUT2D eigenvalue weighted by Crippen LogP contribution is -2.46. The molecule has 274 valence electrons. The monoisotopic (exact) mass is 713 g/mol. The number of benzene rings is 1. The van der Waals surface area contributed by atoms with Crippen LogP contribution in [0.2, 0.25) is 0 Å². The molecule has 2 saturated heterocycles. The lowest BCUT2D eigenvalue weighted by atomic mass is 9.99. The number of aromatic nitrogens is 3. The summed E-state index contributed by atoms with van der Waals surface area (Å²) in [6, 6.07) is 12.5. The van der Waals surface area contributed by atoms with E-state index >= 15 is 0 Å². The SMILES string of the molecule is CC(C)S(C(C)C)(C(C)C)n1ccc2c(-c3cncc(-c4ccc(N5CCCC5=O)cc4)c3)c(OC3CCCN(C(=O)OC(C)(C)C)C3)cnc21. The Morgan fingerprint density at radius 2 is 1.57 bits per heavy atom. The molecule has 6 rings (SSSR count). The summed E-state index contributed by atoms with van der Waals surface area (Å²) in [5.41, 5.74) is 5.20. The molecule has 0 bridgehead atoms. The van der Waals surface area contributed by atoms with E-state index in [2.05, 4.69) is 76.0 Å². The fourth-order valence-electron chi connectivity index (χ4n) is 8.20. The molecule has 2 aliphatic heterocycles. The Labute approximate surface area is 305 Å². The summed E-state index contributed by atoms with van der Waals surface area (Å²) < 4.78 is 15.0. The maximum atomic E-state index is 13.0. The maximum Gasteiger partial charge on any atom is 0.410 e. The third-order valence-corrected chi connectivity index (χ3v) is 15.7. The highest BCUT2D eigenvalue weighted by molar-refractivity contribution is 8.33. The second-order valence-corrected chi connectivity index (χ2v) is 20.4. The number of nitrogens with zero attached hydrogens (tertiary/aromatic N) is 5. The summed E-state index contributed by atoms with van der Waals surface area (Å²) in [7, 11) is -1.33. The zero-order valence-electron chi connectivity index (χ0n) is 31.8. The molecule has 2 amide bonds. The van der Waals surface area contributed by atoms with Gasteiger partial charge in [-0.2, -0.15) is 10.2 Å². The average molecular weight is 714 g/mol. The van der Waals surface area contributed by atoms with Crippen LogP contribution in [0.5, 0.6) is 5.75 Å². The van der Waals surface area contributed by atoms with E-state index in [0.29, 0.717) is 41.0 Å². The van der Waals surface area contributed by atoms with Crippen molar-refractivity contribution in [3.63, 3.8) is 0 Å². The molecule has 0 N–H and O–H groups in total. The Balaban J connectivity index is 1.43. The van der Waals surface area contributed by atoms with E-state index in [0.717, 1.165) is 64.8 Å². The molecule has 9 nitrogen and oxygen atoms in total. The highest BCUT2D eigenvalue weighted by Crippen LogP contribution is 2.62. The predicted molar refractivity (Wildman–Crippen MR) is 210 cm³/mol. The molecule has 3 aromatic heterocycles. The van der Waals surface area contributed by atoms with Gasteiger partial charge in [-0.3, -0.25) is 13.8 Å². The maximum absolute atomic E-state index is 13.0. The Kier molecular flexibility index (Phi) is 10.5. The number of ether oxygens (including phenoxy) is 2. The molecule has 0 aliphatic carbocycles. The molecule has 1 atom stereocenters. The zero-order chi connectivity index (χ0) is 36.7. The number of amides is 2. The fourth-order valence-corrected chi connectivity index (χ4v) is 13.5. The van der Waals surface area contributed by atoms with Crippen LogP contribution in [0.25, 0.3) is 33.3 Å². The number of pyridine rings is 2. The van der Waals surface area contributed by atoms with Gasteiger partial charge in [0.05, 0.1) is 12.7 Å². The molecule has 0 radical (unpaired) electrons. The van der Waals surface area contributed by atoms with E-state index in [1.165, 1.54) is 0 Å². The third kappa shape index (κ3) is 7.21. The lowest BCUT2D eigenvalue weighted by molar-refractivity contribution is -0.117. The van der Waals surface area contributed by atoms with Crippen molar-refractivity contribution >= 4 is 38.9 Å². The molecular formula is C41H55N5O4S. The third-order valence-electron chi connectivity index (χ3n) is 10.2. The van der Waals surface area contributed by atoms with Crippen LogP contribution in [0.4, 0.5) is 10.5 Å². The van der Waals surface area contributed by atoms with Gasteiger partial charge in [-0.25, -0.2) is 9.78 Å². The summed E-state index contributed by atoms with van der Waals surface area (Å²) >= 11 is 0. The van der Waals surface area contributed by atoms with Crippen LogP contribution in [-0.4, -0.2) is 77.9 Å². The number of rotatable bonds is 9. The van der Waals surface area contributed by atoms with Gasteiger partial charge in [-0.1, -0.05) is 53.7 Å². The Hall–Kier alpha value is -4.05. The summed E-state index contributed by atoms with van der Waals surface area (Å²) in [6.45, 7) is 21.6. The summed E-state index contributed by atoms with van der Waals surface area (Å²) in [5.74, 6) is 0.857. The molecule has 4 aromatic rings. The first-order valence-corrected chi connectivity index (χ1v) is 20.3. The highest BCUT2D eigenvalue weighted by atomic mass is 32.3. The van der Waals surface area contributed by atoms with E-state index in [-0.39, 0.29) is 18.1 Å². The van der Waals surface area contributed by atoms with E-state index in [4.69, 9.17) is 19.4 Å². The van der Waals surface area contributed by atoms with Crippen LogP contribution >= 0.6 is 10.2 Å². The van der Waals surface area contributed by atoms with Gasteiger partial charge in [-0.15, -0.1) is 0 Å². The summed E-state index contributed by atoms with van der Waals surface area (Å²) in [5, 5.41) is 2.35. The number of hydrogen-bond acceptors (Lipinski definition) is 6. The topological polar surface area (TPSA) is 89.8 Å². The normalized spacial score (nSPS) is 17.6. The Bertz CT molecular complexity index is 1860. The van der Waals surface area contributed by atoms with Crippen LogP contribution in [0.15, 0.2) is 61.2 Å². The molecule has 1 aromatic carbocycles. The zero-order valence-corrected chi connectivity index (χ0v) is 32.6. The quantitative estimate of drug-likeness (QED) is 0.172. The minimum absolute atomic E-state index is 0.179. The van der Waals surface area contributed by atoms with Crippen molar-refractivity contribution in [3.05, 3.63) is 61.2 Å². The molecule has 2 fully saturated rings. The lowest BCUT2D eigenvalue weighted by Gasteiger charge is -2.52. The minimum atomic E-state index is -1.33. The van der Waals surface area contributed by atoms with Gasteiger partial charge < -0.3 is 19.3 Å². The van der Waals surface area contributed by atoms with E-state index in [9.17, 15) is 9.59 Å². The van der Waals surface area contributed by atoms with E-state index in [1.807, 2.05) is 56.4 Å². The smallest absolute Gasteiger partial charge is 0.410 e. The van der Waals surface area contributed by atoms with Gasteiger partial charge in [-0.05, 0) is 69.9 Å². The van der Waals surface area contributed by atoms with Gasteiger partial charge >= 0.3 is 6.09 Å². The fraction of sp³-hybridized carbons (Fsp3) is 0.512. The number of hydrogen-bond donors (Lipinski definition) is 0. The van der Waals surface area contributed by atoms with Crippen molar-refractivity contribution in [2.24, 2.45) is 0 Å². The number of anilines is 1. The minimum Gasteiger partial charge on any atom is -0.486 e. The van der Waals surface area contributed by atoms with E-state index in [1.54, 1.807) is 4.90 Å². The van der Waals surface area contributed by atoms with Crippen molar-refractivity contribution in [2.75, 3.05) is 24.5 Å². The first-order valence-electron chi connectivity index (χ1n) is 18.5. The van der Waals surface area contributed by atoms with Crippen molar-refractivity contribution < 1.29 is 19.1 Å². The summed E-state index contributed by atoms with van der Waals surface area (Å²) in [6.07, 6.45) is 10.5. The molecule has 0 spiro atoms. The molecule has 10 heteroatoms. The van der Waals surface area contributed by atoms with Crippen molar-refractivity contribution in [3.8, 4) is 28.0 Å². The molecule has 5 heterocycles. The first-order chi connectivity index (χ1) is 24.2. The van der Waals surface area contributed by atoms with Gasteiger partial charge in [0.15, 0.2) is 0 Å². The van der Waals surface area contributed by atoms with Crippen LogP contribution in [0.3, 0.4) is 0 Å². The average Bonchev–Trinajstić information content (AvgIpc) is 3.70. The second kappa shape index (κ2) is 14.5. The predicted octanol–water partition coefficient (Wildman–Crippen LogP) is 9.46. The summed E-state index contributed by atoms with van der Waals surface area (Å²) in [4.78, 5) is 38.9. The molecule has 51 heavy (non-hydrogen) atoms. The molecule has 2 aliphatic rings. The van der Waals surface area contributed by atoms with Gasteiger partial charge in [0.1, 0.15) is 23.1 Å². The first kappa shape index (κ1) is 36.7. The van der Waals surface area contributed by atoms with Crippen LogP contribution in [0, 0.1) is 0 Å². The Morgan fingerprint density at radius 1 is 0.882 bits per heavy atom.